The van der Waals surface area contributed by atoms with E-state index in [1.54, 1.807) is 29.2 Å². The minimum absolute atomic E-state index is 0.193. The van der Waals surface area contributed by atoms with Crippen LogP contribution in [0.1, 0.15) is 12.8 Å². The van der Waals surface area contributed by atoms with Crippen molar-refractivity contribution in [1.29, 1.82) is 0 Å². The number of hydrogen-bond donors (Lipinski definition) is 1. The molecule has 122 valence electrons. The van der Waals surface area contributed by atoms with Gasteiger partial charge in [-0.2, -0.15) is 0 Å². The van der Waals surface area contributed by atoms with Gasteiger partial charge in [0.2, 0.25) is 11.8 Å². The maximum atomic E-state index is 12.5. The van der Waals surface area contributed by atoms with E-state index >= 15 is 0 Å². The Kier molecular flexibility index (Phi) is 4.26. The zero-order chi connectivity index (χ0) is 16.6. The Morgan fingerprint density at radius 1 is 1.13 bits per heavy atom. The lowest BCUT2D eigenvalue weighted by molar-refractivity contribution is -0.142. The van der Waals surface area contributed by atoms with Gasteiger partial charge in [0.25, 0.3) is 0 Å². The van der Waals surface area contributed by atoms with Gasteiger partial charge >= 0.3 is 5.97 Å². The SMILES string of the molecule is O=C(O)[C@H]1CCN(C(=O)[C@H]2CCN(c3ccc(Cl)cc3)C2=O)C1. The molecular weight excluding hydrogens is 320 g/mol. The van der Waals surface area contributed by atoms with E-state index in [0.717, 1.165) is 5.69 Å². The third-order valence-electron chi connectivity index (χ3n) is 4.49. The largest absolute Gasteiger partial charge is 0.481 e. The van der Waals surface area contributed by atoms with Gasteiger partial charge < -0.3 is 14.9 Å². The first-order valence-electron chi connectivity index (χ1n) is 7.56. The molecule has 0 unspecified atom stereocenters. The number of likely N-dealkylation sites (tertiary alicyclic amines) is 1. The van der Waals surface area contributed by atoms with Crippen LogP contribution in [0.4, 0.5) is 5.69 Å². The fraction of sp³-hybridized carbons (Fsp3) is 0.438. The molecule has 1 aromatic rings. The predicted molar refractivity (Wildman–Crippen MR) is 84.2 cm³/mol. The van der Waals surface area contributed by atoms with Gasteiger partial charge in [-0.1, -0.05) is 11.6 Å². The number of rotatable bonds is 3. The Morgan fingerprint density at radius 3 is 2.43 bits per heavy atom. The monoisotopic (exact) mass is 336 g/mol. The molecule has 3 rings (SSSR count). The van der Waals surface area contributed by atoms with E-state index in [9.17, 15) is 14.4 Å². The van der Waals surface area contributed by atoms with Crippen LogP contribution in [0.3, 0.4) is 0 Å². The van der Waals surface area contributed by atoms with Crippen molar-refractivity contribution in [1.82, 2.24) is 4.90 Å². The average Bonchev–Trinajstić information content (AvgIpc) is 3.15. The summed E-state index contributed by atoms with van der Waals surface area (Å²) in [7, 11) is 0. The van der Waals surface area contributed by atoms with Gasteiger partial charge in [0, 0.05) is 30.3 Å². The number of carbonyl (C=O) groups excluding carboxylic acids is 2. The maximum Gasteiger partial charge on any atom is 0.308 e. The number of benzene rings is 1. The summed E-state index contributed by atoms with van der Waals surface area (Å²) in [4.78, 5) is 39.1. The van der Waals surface area contributed by atoms with Crippen LogP contribution in [-0.4, -0.2) is 47.4 Å². The van der Waals surface area contributed by atoms with E-state index in [4.69, 9.17) is 16.7 Å². The Hall–Kier alpha value is -2.08. The zero-order valence-electron chi connectivity index (χ0n) is 12.4. The molecular formula is C16H17ClN2O4. The highest BCUT2D eigenvalue weighted by molar-refractivity contribution is 6.30. The molecule has 0 aromatic heterocycles. The van der Waals surface area contributed by atoms with Crippen LogP contribution in [0, 0.1) is 11.8 Å². The van der Waals surface area contributed by atoms with Crippen molar-refractivity contribution in [3.05, 3.63) is 29.3 Å². The third kappa shape index (κ3) is 3.03. The Bertz CT molecular complexity index is 646. The lowest BCUT2D eigenvalue weighted by Gasteiger charge is -2.20. The normalized spacial score (nSPS) is 24.3. The van der Waals surface area contributed by atoms with Crippen LogP contribution >= 0.6 is 11.6 Å². The van der Waals surface area contributed by atoms with Crippen LogP contribution in [-0.2, 0) is 14.4 Å². The maximum absolute atomic E-state index is 12.5. The van der Waals surface area contributed by atoms with E-state index < -0.39 is 17.8 Å². The lowest BCUT2D eigenvalue weighted by Crippen LogP contribution is -2.39. The second-order valence-corrected chi connectivity index (χ2v) is 6.35. The minimum Gasteiger partial charge on any atom is -0.481 e. The van der Waals surface area contributed by atoms with Gasteiger partial charge in [0.1, 0.15) is 5.92 Å². The lowest BCUT2D eigenvalue weighted by atomic mass is 10.1. The topological polar surface area (TPSA) is 77.9 Å². The molecule has 0 saturated carbocycles. The molecule has 2 aliphatic rings. The quantitative estimate of drug-likeness (QED) is 0.851. The number of nitrogens with zero attached hydrogens (tertiary/aromatic N) is 2. The van der Waals surface area contributed by atoms with E-state index in [1.165, 1.54) is 4.90 Å². The van der Waals surface area contributed by atoms with Crippen LogP contribution in [0.2, 0.25) is 5.02 Å². The van der Waals surface area contributed by atoms with Crippen LogP contribution in [0.5, 0.6) is 0 Å². The van der Waals surface area contributed by atoms with Crippen LogP contribution in [0.15, 0.2) is 24.3 Å². The number of hydrogen-bond acceptors (Lipinski definition) is 3. The van der Waals surface area contributed by atoms with Gasteiger partial charge in [-0.05, 0) is 37.1 Å². The Morgan fingerprint density at radius 2 is 1.83 bits per heavy atom. The first-order valence-corrected chi connectivity index (χ1v) is 7.93. The molecule has 0 bridgehead atoms. The van der Waals surface area contributed by atoms with Crippen molar-refractivity contribution in [2.45, 2.75) is 12.8 Å². The summed E-state index contributed by atoms with van der Waals surface area (Å²) in [5, 5.41) is 9.61. The number of carboxylic acid groups (broad SMARTS) is 1. The summed E-state index contributed by atoms with van der Waals surface area (Å²) in [5.41, 5.74) is 0.722. The second-order valence-electron chi connectivity index (χ2n) is 5.92. The molecule has 0 spiro atoms. The number of carboxylic acids is 1. The molecule has 0 aliphatic carbocycles. The standard InChI is InChI=1S/C16H17ClN2O4/c17-11-1-3-12(4-2-11)19-8-6-13(15(19)21)14(20)18-7-5-10(9-18)16(22)23/h1-4,10,13H,5-9H2,(H,22,23)/t10-,13+/m0/s1. The van der Waals surface area contributed by atoms with E-state index in [1.807, 2.05) is 0 Å². The zero-order valence-corrected chi connectivity index (χ0v) is 13.2. The predicted octanol–water partition coefficient (Wildman–Crippen LogP) is 1.63. The first-order chi connectivity index (χ1) is 11.0. The van der Waals surface area contributed by atoms with Crippen molar-refractivity contribution in [2.75, 3.05) is 24.5 Å². The van der Waals surface area contributed by atoms with E-state index in [0.29, 0.717) is 31.0 Å². The molecule has 1 aromatic carbocycles. The number of amides is 2. The van der Waals surface area contributed by atoms with Gasteiger partial charge in [-0.25, -0.2) is 0 Å². The van der Waals surface area contributed by atoms with Gasteiger partial charge in [-0.3, -0.25) is 14.4 Å². The van der Waals surface area contributed by atoms with Crippen molar-refractivity contribution in [3.63, 3.8) is 0 Å². The molecule has 23 heavy (non-hydrogen) atoms. The molecule has 2 amide bonds. The summed E-state index contributed by atoms with van der Waals surface area (Å²) >= 11 is 5.85. The summed E-state index contributed by atoms with van der Waals surface area (Å²) < 4.78 is 0. The fourth-order valence-electron chi connectivity index (χ4n) is 3.17. The Balaban J connectivity index is 1.68. The van der Waals surface area contributed by atoms with Crippen molar-refractivity contribution < 1.29 is 19.5 Å². The van der Waals surface area contributed by atoms with Gasteiger partial charge in [0.15, 0.2) is 0 Å². The Labute approximate surface area is 138 Å². The highest BCUT2D eigenvalue weighted by Crippen LogP contribution is 2.29. The summed E-state index contributed by atoms with van der Waals surface area (Å²) in [6.45, 7) is 1.08. The first kappa shape index (κ1) is 15.8. The molecule has 0 radical (unpaired) electrons. The highest BCUT2D eigenvalue weighted by atomic mass is 35.5. The molecule has 2 heterocycles. The van der Waals surface area contributed by atoms with Crippen molar-refractivity contribution in [2.24, 2.45) is 11.8 Å². The van der Waals surface area contributed by atoms with Gasteiger partial charge in [0.05, 0.1) is 5.92 Å². The second kappa shape index (κ2) is 6.20. The third-order valence-corrected chi connectivity index (χ3v) is 4.74. The van der Waals surface area contributed by atoms with Crippen molar-refractivity contribution in [3.8, 4) is 0 Å². The molecule has 1 N–H and O–H groups in total. The number of carbonyl (C=O) groups is 3. The number of anilines is 1. The van der Waals surface area contributed by atoms with Gasteiger partial charge in [-0.15, -0.1) is 0 Å². The van der Waals surface area contributed by atoms with Crippen LogP contribution < -0.4 is 4.90 Å². The fourth-order valence-corrected chi connectivity index (χ4v) is 3.29. The number of halogens is 1. The number of aliphatic carboxylic acids is 1. The average molecular weight is 337 g/mol. The van der Waals surface area contributed by atoms with Crippen LogP contribution in [0.25, 0.3) is 0 Å². The molecule has 2 atom stereocenters. The summed E-state index contributed by atoms with van der Waals surface area (Å²) in [6, 6.07) is 6.92. The molecule has 7 heteroatoms. The minimum atomic E-state index is -0.888. The molecule has 2 saturated heterocycles. The molecule has 2 aliphatic heterocycles. The summed E-state index contributed by atoms with van der Waals surface area (Å²) in [5.74, 6) is -2.60. The summed E-state index contributed by atoms with van der Waals surface area (Å²) in [6.07, 6.45) is 0.900. The van der Waals surface area contributed by atoms with E-state index in [2.05, 4.69) is 0 Å². The van der Waals surface area contributed by atoms with Crippen molar-refractivity contribution >= 4 is 35.1 Å². The highest BCUT2D eigenvalue weighted by Gasteiger charge is 2.42. The van der Waals surface area contributed by atoms with E-state index in [-0.39, 0.29) is 18.4 Å². The molecule has 6 nitrogen and oxygen atoms in total. The smallest absolute Gasteiger partial charge is 0.308 e. The molecule has 2 fully saturated rings.